The van der Waals surface area contributed by atoms with Crippen LogP contribution >= 0.6 is 0 Å². The van der Waals surface area contributed by atoms with Gasteiger partial charge in [0.2, 0.25) is 0 Å². The van der Waals surface area contributed by atoms with E-state index in [0.29, 0.717) is 17.3 Å². The van der Waals surface area contributed by atoms with E-state index < -0.39 is 6.04 Å². The molecule has 6 nitrogen and oxygen atoms in total. The Morgan fingerprint density at radius 2 is 1.95 bits per heavy atom. The van der Waals surface area contributed by atoms with Crippen LogP contribution in [-0.2, 0) is 9.53 Å². The third-order valence-electron chi connectivity index (χ3n) is 3.18. The summed E-state index contributed by atoms with van der Waals surface area (Å²) in [7, 11) is 4.53. The lowest BCUT2D eigenvalue weighted by atomic mass is 10.1. The molecule has 0 spiro atoms. The molecule has 1 aromatic heterocycles. The highest BCUT2D eigenvalue weighted by atomic mass is 16.5. The minimum absolute atomic E-state index is 0.358. The second kappa shape index (κ2) is 6.30. The summed E-state index contributed by atoms with van der Waals surface area (Å²) in [5.74, 6) is 1.55. The van der Waals surface area contributed by atoms with E-state index in [2.05, 4.69) is 10.3 Å². The zero-order valence-electron chi connectivity index (χ0n) is 12.5. The number of rotatable bonds is 5. The van der Waals surface area contributed by atoms with Gasteiger partial charge in [0.15, 0.2) is 0 Å². The normalized spacial score (nSPS) is 11.8. The molecule has 0 amide bonds. The number of fused-ring (bicyclic) bond motifs is 1. The zero-order chi connectivity index (χ0) is 15.4. The van der Waals surface area contributed by atoms with Crippen molar-refractivity contribution < 1.29 is 19.0 Å². The number of benzene rings is 1. The number of ether oxygens (including phenoxy) is 3. The number of anilines is 1. The van der Waals surface area contributed by atoms with Gasteiger partial charge in [-0.2, -0.15) is 0 Å². The lowest BCUT2D eigenvalue weighted by Gasteiger charge is -2.15. The van der Waals surface area contributed by atoms with Gasteiger partial charge in [-0.15, -0.1) is 0 Å². The molecule has 0 aliphatic carbocycles. The Balaban J connectivity index is 2.51. The monoisotopic (exact) mass is 290 g/mol. The first-order chi connectivity index (χ1) is 10.1. The van der Waals surface area contributed by atoms with Gasteiger partial charge in [-0.25, -0.2) is 9.78 Å². The molecule has 0 aliphatic rings. The molecule has 1 heterocycles. The van der Waals surface area contributed by atoms with Crippen molar-refractivity contribution in [3.05, 3.63) is 24.4 Å². The Morgan fingerprint density at radius 1 is 1.19 bits per heavy atom. The van der Waals surface area contributed by atoms with Crippen LogP contribution in [0.15, 0.2) is 24.4 Å². The van der Waals surface area contributed by atoms with Crippen LogP contribution in [0.2, 0.25) is 0 Å². The van der Waals surface area contributed by atoms with E-state index in [1.807, 2.05) is 12.1 Å². The minimum Gasteiger partial charge on any atom is -0.497 e. The summed E-state index contributed by atoms with van der Waals surface area (Å²) in [5.41, 5.74) is 0. The summed E-state index contributed by atoms with van der Waals surface area (Å²) < 4.78 is 15.3. The molecule has 2 aromatic rings. The summed E-state index contributed by atoms with van der Waals surface area (Å²) >= 11 is 0. The quantitative estimate of drug-likeness (QED) is 0.852. The van der Waals surface area contributed by atoms with Gasteiger partial charge < -0.3 is 19.5 Å². The number of carbonyl (C=O) groups excluding carboxylic acids is 1. The molecule has 1 N–H and O–H groups in total. The number of nitrogens with zero attached hydrogens (tertiary/aromatic N) is 1. The number of pyridine rings is 1. The lowest BCUT2D eigenvalue weighted by Crippen LogP contribution is -2.27. The molecule has 1 unspecified atom stereocenters. The topological polar surface area (TPSA) is 69.7 Å². The molecule has 0 saturated carbocycles. The van der Waals surface area contributed by atoms with E-state index in [-0.39, 0.29) is 5.97 Å². The molecule has 0 aliphatic heterocycles. The van der Waals surface area contributed by atoms with Crippen LogP contribution < -0.4 is 14.8 Å². The maximum absolute atomic E-state index is 11.5. The van der Waals surface area contributed by atoms with E-state index >= 15 is 0 Å². The van der Waals surface area contributed by atoms with E-state index in [1.165, 1.54) is 7.11 Å². The second-order valence-electron chi connectivity index (χ2n) is 4.47. The highest BCUT2D eigenvalue weighted by Gasteiger charge is 2.16. The fourth-order valence-electron chi connectivity index (χ4n) is 2.07. The van der Waals surface area contributed by atoms with Crippen LogP contribution in [0.1, 0.15) is 6.92 Å². The van der Waals surface area contributed by atoms with Crippen molar-refractivity contribution in [2.24, 2.45) is 0 Å². The van der Waals surface area contributed by atoms with E-state index in [1.54, 1.807) is 33.4 Å². The first-order valence-corrected chi connectivity index (χ1v) is 6.45. The van der Waals surface area contributed by atoms with Crippen molar-refractivity contribution in [1.29, 1.82) is 0 Å². The SMILES string of the molecule is COC(=O)C(C)Nc1nccc2c(OC)cc(OC)cc12. The Labute approximate surface area is 123 Å². The van der Waals surface area contributed by atoms with Gasteiger partial charge in [0.1, 0.15) is 23.4 Å². The lowest BCUT2D eigenvalue weighted by molar-refractivity contribution is -0.141. The number of hydrogen-bond donors (Lipinski definition) is 1. The first-order valence-electron chi connectivity index (χ1n) is 6.45. The molecule has 0 radical (unpaired) electrons. The van der Waals surface area contributed by atoms with Gasteiger partial charge in [0.25, 0.3) is 0 Å². The molecule has 0 bridgehead atoms. The largest absolute Gasteiger partial charge is 0.497 e. The van der Waals surface area contributed by atoms with E-state index in [0.717, 1.165) is 10.8 Å². The van der Waals surface area contributed by atoms with E-state index in [9.17, 15) is 4.79 Å². The molecule has 112 valence electrons. The summed E-state index contributed by atoms with van der Waals surface area (Å²) in [6.07, 6.45) is 1.66. The molecule has 2 rings (SSSR count). The number of esters is 1. The summed E-state index contributed by atoms with van der Waals surface area (Å²) in [6, 6.07) is 4.99. The van der Waals surface area contributed by atoms with Gasteiger partial charge in [0, 0.05) is 23.0 Å². The summed E-state index contributed by atoms with van der Waals surface area (Å²) in [4.78, 5) is 15.8. The van der Waals surface area contributed by atoms with Crippen molar-refractivity contribution >= 4 is 22.6 Å². The summed E-state index contributed by atoms with van der Waals surface area (Å²) in [6.45, 7) is 1.71. The Bertz CT molecular complexity index is 657. The highest BCUT2D eigenvalue weighted by Crippen LogP contribution is 2.34. The fourth-order valence-corrected chi connectivity index (χ4v) is 2.07. The number of methoxy groups -OCH3 is 3. The zero-order valence-corrected chi connectivity index (χ0v) is 12.5. The number of aromatic nitrogens is 1. The molecular weight excluding hydrogens is 272 g/mol. The smallest absolute Gasteiger partial charge is 0.328 e. The van der Waals surface area contributed by atoms with Gasteiger partial charge in [-0.1, -0.05) is 0 Å². The maximum atomic E-state index is 11.5. The van der Waals surface area contributed by atoms with Gasteiger partial charge in [-0.05, 0) is 19.1 Å². The Morgan fingerprint density at radius 3 is 2.57 bits per heavy atom. The standard InChI is InChI=1S/C15H18N2O4/c1-9(15(18)21-4)17-14-12-7-10(19-2)8-13(20-3)11(12)5-6-16-14/h5-9H,1-4H3,(H,16,17). The number of carbonyl (C=O) groups is 1. The predicted molar refractivity (Wildman–Crippen MR) is 79.9 cm³/mol. The Kier molecular flexibility index (Phi) is 4.47. The third kappa shape index (κ3) is 2.99. The number of hydrogen-bond acceptors (Lipinski definition) is 6. The van der Waals surface area contributed by atoms with Crippen LogP contribution in [0, 0.1) is 0 Å². The van der Waals surface area contributed by atoms with Crippen LogP contribution in [0.5, 0.6) is 11.5 Å². The van der Waals surface area contributed by atoms with Gasteiger partial charge >= 0.3 is 5.97 Å². The predicted octanol–water partition coefficient (Wildman–Crippen LogP) is 2.23. The molecule has 21 heavy (non-hydrogen) atoms. The van der Waals surface area contributed by atoms with Crippen LogP contribution in [0.4, 0.5) is 5.82 Å². The second-order valence-corrected chi connectivity index (χ2v) is 4.47. The highest BCUT2D eigenvalue weighted by molar-refractivity contribution is 5.98. The molecule has 6 heteroatoms. The van der Waals surface area contributed by atoms with E-state index in [4.69, 9.17) is 14.2 Å². The fraction of sp³-hybridized carbons (Fsp3) is 0.333. The van der Waals surface area contributed by atoms with Crippen molar-refractivity contribution in [3.63, 3.8) is 0 Å². The third-order valence-corrected chi connectivity index (χ3v) is 3.18. The molecule has 1 aromatic carbocycles. The van der Waals surface area contributed by atoms with Gasteiger partial charge in [0.05, 0.1) is 21.3 Å². The van der Waals surface area contributed by atoms with Crippen molar-refractivity contribution in [1.82, 2.24) is 4.98 Å². The average molecular weight is 290 g/mol. The average Bonchev–Trinajstić information content (AvgIpc) is 2.53. The van der Waals surface area contributed by atoms with Crippen molar-refractivity contribution in [2.45, 2.75) is 13.0 Å². The van der Waals surface area contributed by atoms with Crippen LogP contribution in [0.25, 0.3) is 10.8 Å². The Hall–Kier alpha value is -2.50. The van der Waals surface area contributed by atoms with Crippen molar-refractivity contribution in [2.75, 3.05) is 26.6 Å². The minimum atomic E-state index is -0.509. The maximum Gasteiger partial charge on any atom is 0.328 e. The molecule has 1 atom stereocenters. The van der Waals surface area contributed by atoms with Crippen molar-refractivity contribution in [3.8, 4) is 11.5 Å². The molecule has 0 saturated heterocycles. The van der Waals surface area contributed by atoms with Crippen LogP contribution in [-0.4, -0.2) is 38.3 Å². The first kappa shape index (κ1) is 14.9. The van der Waals surface area contributed by atoms with Gasteiger partial charge in [-0.3, -0.25) is 0 Å². The van der Waals surface area contributed by atoms with Crippen LogP contribution in [0.3, 0.4) is 0 Å². The molecule has 0 fully saturated rings. The number of nitrogens with one attached hydrogen (secondary N) is 1. The molecular formula is C15H18N2O4. The summed E-state index contributed by atoms with van der Waals surface area (Å²) in [5, 5.41) is 4.73.